The SMILES string of the molecule is CC[Si]1(C)CCCC(C(=O)OCc2ccccc2)O1. The van der Waals surface area contributed by atoms with Crippen LogP contribution in [-0.2, 0) is 20.6 Å². The third kappa shape index (κ3) is 3.91. The summed E-state index contributed by atoms with van der Waals surface area (Å²) in [6, 6.07) is 12.0. The number of benzene rings is 1. The van der Waals surface area contributed by atoms with Crippen molar-refractivity contribution < 1.29 is 14.0 Å². The zero-order chi connectivity index (χ0) is 13.7. The van der Waals surface area contributed by atoms with Crippen LogP contribution in [0.5, 0.6) is 0 Å². The van der Waals surface area contributed by atoms with E-state index in [-0.39, 0.29) is 12.1 Å². The first-order valence-electron chi connectivity index (χ1n) is 7.01. The Bertz CT molecular complexity index is 421. The van der Waals surface area contributed by atoms with Gasteiger partial charge >= 0.3 is 5.97 Å². The minimum absolute atomic E-state index is 0.198. The standard InChI is InChI=1S/C15H22O3Si/c1-3-19(2)11-7-10-14(18-19)15(16)17-12-13-8-5-4-6-9-13/h4-6,8-9,14H,3,7,10-12H2,1-2H3. The monoisotopic (exact) mass is 278 g/mol. The molecule has 2 atom stereocenters. The van der Waals surface area contributed by atoms with E-state index >= 15 is 0 Å². The quantitative estimate of drug-likeness (QED) is 0.624. The Morgan fingerprint density at radius 3 is 2.84 bits per heavy atom. The van der Waals surface area contributed by atoms with Crippen LogP contribution in [0.4, 0.5) is 0 Å². The van der Waals surface area contributed by atoms with E-state index in [4.69, 9.17) is 9.16 Å². The molecule has 0 saturated carbocycles. The fourth-order valence-corrected chi connectivity index (χ4v) is 4.86. The van der Waals surface area contributed by atoms with E-state index in [0.717, 1.165) is 30.5 Å². The molecule has 4 heteroatoms. The Hall–Kier alpha value is -1.13. The van der Waals surface area contributed by atoms with Gasteiger partial charge in [0.05, 0.1) is 0 Å². The minimum atomic E-state index is -1.65. The number of carbonyl (C=O) groups excluding carboxylic acids is 1. The summed E-state index contributed by atoms with van der Waals surface area (Å²) in [5.41, 5.74) is 1.02. The van der Waals surface area contributed by atoms with Crippen molar-refractivity contribution in [2.45, 2.75) is 51.1 Å². The molecule has 0 amide bonds. The number of hydrogen-bond acceptors (Lipinski definition) is 3. The van der Waals surface area contributed by atoms with Gasteiger partial charge in [-0.1, -0.05) is 43.7 Å². The Kier molecular flexibility index (Phi) is 4.77. The van der Waals surface area contributed by atoms with Crippen molar-refractivity contribution in [1.29, 1.82) is 0 Å². The molecule has 19 heavy (non-hydrogen) atoms. The second-order valence-electron chi connectivity index (χ2n) is 5.40. The first kappa shape index (κ1) is 14.3. The highest BCUT2D eigenvalue weighted by Crippen LogP contribution is 2.29. The highest BCUT2D eigenvalue weighted by Gasteiger charge is 2.37. The Morgan fingerprint density at radius 2 is 2.16 bits per heavy atom. The van der Waals surface area contributed by atoms with Crippen LogP contribution in [-0.4, -0.2) is 20.4 Å². The summed E-state index contributed by atoms with van der Waals surface area (Å²) in [5.74, 6) is -0.198. The minimum Gasteiger partial charge on any atom is -0.459 e. The van der Waals surface area contributed by atoms with Gasteiger partial charge in [-0.3, -0.25) is 0 Å². The maximum atomic E-state index is 12.1. The summed E-state index contributed by atoms with van der Waals surface area (Å²) in [6.07, 6.45) is 1.55. The second kappa shape index (κ2) is 6.35. The Labute approximate surface area is 116 Å². The van der Waals surface area contributed by atoms with Crippen molar-refractivity contribution in [1.82, 2.24) is 0 Å². The lowest BCUT2D eigenvalue weighted by Crippen LogP contribution is -2.45. The summed E-state index contributed by atoms with van der Waals surface area (Å²) in [5, 5.41) is 0. The normalized spacial score (nSPS) is 26.9. The van der Waals surface area contributed by atoms with E-state index in [0.29, 0.717) is 6.61 Å². The summed E-state index contributed by atoms with van der Waals surface area (Å²) in [6.45, 7) is 4.71. The van der Waals surface area contributed by atoms with Gasteiger partial charge in [-0.2, -0.15) is 0 Å². The molecule has 1 aliphatic rings. The smallest absolute Gasteiger partial charge is 0.334 e. The molecular weight excluding hydrogens is 256 g/mol. The lowest BCUT2D eigenvalue weighted by Gasteiger charge is -2.35. The highest BCUT2D eigenvalue weighted by atomic mass is 28.4. The van der Waals surface area contributed by atoms with Crippen LogP contribution in [0.1, 0.15) is 25.3 Å². The molecule has 0 spiro atoms. The van der Waals surface area contributed by atoms with Gasteiger partial charge in [0.2, 0.25) is 0 Å². The molecule has 0 N–H and O–H groups in total. The molecule has 0 aliphatic carbocycles. The van der Waals surface area contributed by atoms with Gasteiger partial charge in [-0.15, -0.1) is 0 Å². The van der Waals surface area contributed by atoms with Crippen LogP contribution >= 0.6 is 0 Å². The molecule has 0 radical (unpaired) electrons. The van der Waals surface area contributed by atoms with Gasteiger partial charge in [-0.05, 0) is 30.6 Å². The molecule has 2 unspecified atom stereocenters. The molecule has 2 rings (SSSR count). The number of carbonyl (C=O) groups is 1. The van der Waals surface area contributed by atoms with Gasteiger partial charge in [0, 0.05) is 0 Å². The predicted molar refractivity (Wildman–Crippen MR) is 77.3 cm³/mol. The molecule has 1 heterocycles. The lowest BCUT2D eigenvalue weighted by molar-refractivity contribution is -0.154. The van der Waals surface area contributed by atoms with Crippen molar-refractivity contribution in [2.75, 3.05) is 0 Å². The highest BCUT2D eigenvalue weighted by molar-refractivity contribution is 6.72. The lowest BCUT2D eigenvalue weighted by atomic mass is 10.2. The number of esters is 1. The second-order valence-corrected chi connectivity index (χ2v) is 9.74. The van der Waals surface area contributed by atoms with Crippen molar-refractivity contribution in [2.24, 2.45) is 0 Å². The van der Waals surface area contributed by atoms with Gasteiger partial charge in [0.15, 0.2) is 8.32 Å². The van der Waals surface area contributed by atoms with Gasteiger partial charge in [-0.25, -0.2) is 4.79 Å². The molecular formula is C15H22O3Si. The maximum Gasteiger partial charge on any atom is 0.334 e. The summed E-state index contributed by atoms with van der Waals surface area (Å²) in [4.78, 5) is 12.1. The van der Waals surface area contributed by atoms with E-state index in [1.165, 1.54) is 0 Å². The molecule has 3 nitrogen and oxygen atoms in total. The van der Waals surface area contributed by atoms with Crippen LogP contribution in [0.25, 0.3) is 0 Å². The van der Waals surface area contributed by atoms with E-state index in [1.54, 1.807) is 0 Å². The van der Waals surface area contributed by atoms with Crippen molar-refractivity contribution in [3.8, 4) is 0 Å². The van der Waals surface area contributed by atoms with Crippen molar-refractivity contribution in [3.63, 3.8) is 0 Å². The summed E-state index contributed by atoms with van der Waals surface area (Å²) >= 11 is 0. The molecule has 1 aliphatic heterocycles. The average Bonchev–Trinajstić information content (AvgIpc) is 2.46. The van der Waals surface area contributed by atoms with Crippen LogP contribution in [0.2, 0.25) is 18.6 Å². The zero-order valence-electron chi connectivity index (χ0n) is 11.7. The van der Waals surface area contributed by atoms with Gasteiger partial charge in [0.25, 0.3) is 0 Å². The fourth-order valence-electron chi connectivity index (χ4n) is 2.37. The first-order valence-corrected chi connectivity index (χ1v) is 9.83. The van der Waals surface area contributed by atoms with Gasteiger partial charge in [0.1, 0.15) is 12.7 Å². The van der Waals surface area contributed by atoms with Crippen molar-refractivity contribution in [3.05, 3.63) is 35.9 Å². The topological polar surface area (TPSA) is 35.5 Å². The molecule has 104 valence electrons. The first-order chi connectivity index (χ1) is 9.13. The molecule has 1 aromatic carbocycles. The maximum absolute atomic E-state index is 12.1. The van der Waals surface area contributed by atoms with Crippen LogP contribution in [0.15, 0.2) is 30.3 Å². The number of ether oxygens (including phenoxy) is 1. The number of rotatable bonds is 4. The third-order valence-corrected chi connectivity index (χ3v) is 7.59. The molecule has 0 aromatic heterocycles. The summed E-state index contributed by atoms with van der Waals surface area (Å²) in [7, 11) is -1.65. The van der Waals surface area contributed by atoms with E-state index in [1.807, 2.05) is 30.3 Å². The van der Waals surface area contributed by atoms with Crippen LogP contribution in [0, 0.1) is 0 Å². The van der Waals surface area contributed by atoms with E-state index in [2.05, 4.69) is 13.5 Å². The molecule has 0 bridgehead atoms. The van der Waals surface area contributed by atoms with Crippen LogP contribution in [0.3, 0.4) is 0 Å². The Morgan fingerprint density at radius 1 is 1.42 bits per heavy atom. The van der Waals surface area contributed by atoms with Crippen LogP contribution < -0.4 is 0 Å². The van der Waals surface area contributed by atoms with Gasteiger partial charge < -0.3 is 9.16 Å². The average molecular weight is 278 g/mol. The molecule has 1 saturated heterocycles. The number of hydrogen-bond donors (Lipinski definition) is 0. The summed E-state index contributed by atoms with van der Waals surface area (Å²) < 4.78 is 11.4. The predicted octanol–water partition coefficient (Wildman–Crippen LogP) is 3.50. The largest absolute Gasteiger partial charge is 0.459 e. The van der Waals surface area contributed by atoms with E-state index < -0.39 is 8.32 Å². The third-order valence-electron chi connectivity index (χ3n) is 3.83. The van der Waals surface area contributed by atoms with Crippen molar-refractivity contribution >= 4 is 14.3 Å². The molecule has 1 aromatic rings. The fraction of sp³-hybridized carbons (Fsp3) is 0.533. The Balaban J connectivity index is 1.86. The molecule has 1 fully saturated rings. The van der Waals surface area contributed by atoms with E-state index in [9.17, 15) is 4.79 Å². The zero-order valence-corrected chi connectivity index (χ0v) is 12.7.